The van der Waals surface area contributed by atoms with Gasteiger partial charge in [-0.1, -0.05) is 23.2 Å². The van der Waals surface area contributed by atoms with E-state index < -0.39 is 0 Å². The molecule has 0 fully saturated rings. The summed E-state index contributed by atoms with van der Waals surface area (Å²) in [5.74, 6) is 0.603. The number of benzene rings is 1. The zero-order chi connectivity index (χ0) is 17.3. The number of ether oxygens (including phenoxy) is 1. The predicted octanol–water partition coefficient (Wildman–Crippen LogP) is 3.71. The van der Waals surface area contributed by atoms with E-state index in [9.17, 15) is 4.79 Å². The summed E-state index contributed by atoms with van der Waals surface area (Å²) in [5, 5.41) is 6.85. The van der Waals surface area contributed by atoms with Crippen molar-refractivity contribution in [2.24, 2.45) is 5.10 Å². The lowest BCUT2D eigenvalue weighted by Gasteiger charge is -2.26. The number of hydrazone groups is 1. The third-order valence-electron chi connectivity index (χ3n) is 3.84. The van der Waals surface area contributed by atoms with Crippen LogP contribution in [0.5, 0.6) is 5.75 Å². The monoisotopic (exact) mass is 363 g/mol. The van der Waals surface area contributed by atoms with Gasteiger partial charge >= 0.3 is 0 Å². The minimum Gasteiger partial charge on any atom is -0.497 e. The molecule has 124 valence electrons. The summed E-state index contributed by atoms with van der Waals surface area (Å²) >= 11 is 12.4. The number of halogens is 2. The number of carbonyl (C=O) groups excluding carboxylic acids is 1. The number of hydrogen-bond acceptors (Lipinski definition) is 4. The average Bonchev–Trinajstić information content (AvgIpc) is 2.57. The van der Waals surface area contributed by atoms with Crippen LogP contribution >= 0.6 is 23.2 Å². The summed E-state index contributed by atoms with van der Waals surface area (Å²) in [7, 11) is 1.61. The van der Waals surface area contributed by atoms with Crippen LogP contribution in [0, 0.1) is 0 Å². The van der Waals surface area contributed by atoms with Crippen LogP contribution in [-0.2, 0) is 17.8 Å². The SMILES string of the molecule is COc1ccc2c(c1)CN(C(C)=O)N=C2Cc1c(Cl)cncc1Cl. The predicted molar refractivity (Wildman–Crippen MR) is 93.7 cm³/mol. The van der Waals surface area contributed by atoms with Gasteiger partial charge in [-0.25, -0.2) is 5.01 Å². The van der Waals surface area contributed by atoms with Crippen LogP contribution in [0.3, 0.4) is 0 Å². The summed E-state index contributed by atoms with van der Waals surface area (Å²) in [6, 6.07) is 5.72. The van der Waals surface area contributed by atoms with Gasteiger partial charge in [-0.15, -0.1) is 0 Å². The lowest BCUT2D eigenvalue weighted by Crippen LogP contribution is -2.30. The molecule has 0 unspecified atom stereocenters. The number of pyridine rings is 1. The van der Waals surface area contributed by atoms with Gasteiger partial charge in [-0.2, -0.15) is 5.10 Å². The Morgan fingerprint density at radius 1 is 1.29 bits per heavy atom. The van der Waals surface area contributed by atoms with Gasteiger partial charge in [0.15, 0.2) is 0 Å². The van der Waals surface area contributed by atoms with Crippen LogP contribution in [0.4, 0.5) is 0 Å². The highest BCUT2D eigenvalue weighted by Crippen LogP contribution is 2.29. The summed E-state index contributed by atoms with van der Waals surface area (Å²) in [6.45, 7) is 1.89. The molecule has 1 aliphatic heterocycles. The van der Waals surface area contributed by atoms with Crippen molar-refractivity contribution < 1.29 is 9.53 Å². The number of rotatable bonds is 3. The van der Waals surface area contributed by atoms with Gasteiger partial charge < -0.3 is 4.74 Å². The smallest absolute Gasteiger partial charge is 0.239 e. The van der Waals surface area contributed by atoms with E-state index in [-0.39, 0.29) is 5.91 Å². The van der Waals surface area contributed by atoms with Gasteiger partial charge in [0, 0.05) is 31.3 Å². The fraction of sp³-hybridized carbons (Fsp3) is 0.235. The first-order valence-electron chi connectivity index (χ1n) is 7.30. The molecule has 1 aliphatic rings. The maximum atomic E-state index is 11.8. The average molecular weight is 364 g/mol. The van der Waals surface area contributed by atoms with Gasteiger partial charge in [0.05, 0.1) is 29.4 Å². The summed E-state index contributed by atoms with van der Waals surface area (Å²) in [6.07, 6.45) is 3.50. The highest BCUT2D eigenvalue weighted by Gasteiger charge is 2.23. The Balaban J connectivity index is 2.06. The first-order valence-corrected chi connectivity index (χ1v) is 8.06. The molecule has 7 heteroatoms. The summed E-state index contributed by atoms with van der Waals surface area (Å²) in [4.78, 5) is 15.8. The molecule has 0 N–H and O–H groups in total. The molecule has 0 atom stereocenters. The van der Waals surface area contributed by atoms with Crippen LogP contribution in [0.2, 0.25) is 10.0 Å². The van der Waals surface area contributed by atoms with E-state index in [2.05, 4.69) is 10.1 Å². The Morgan fingerprint density at radius 2 is 2.00 bits per heavy atom. The van der Waals surface area contributed by atoms with Gasteiger partial charge in [0.2, 0.25) is 5.91 Å². The standard InChI is InChI=1S/C17H15Cl2N3O2/c1-10(23)22-9-11-5-12(24-2)3-4-13(11)17(21-22)6-14-15(18)7-20-8-16(14)19/h3-5,7-8H,6,9H2,1-2H3. The number of aromatic nitrogens is 1. The normalized spacial score (nSPS) is 13.3. The number of carbonyl (C=O) groups is 1. The molecule has 1 aromatic heterocycles. The second kappa shape index (κ2) is 6.79. The molecule has 0 saturated carbocycles. The minimum absolute atomic E-state index is 0.132. The van der Waals surface area contributed by atoms with Crippen molar-refractivity contribution in [2.45, 2.75) is 19.9 Å². The first-order chi connectivity index (χ1) is 11.5. The molecule has 1 aromatic carbocycles. The van der Waals surface area contributed by atoms with Crippen LogP contribution < -0.4 is 4.74 Å². The molecule has 3 rings (SSSR count). The molecule has 0 bridgehead atoms. The van der Waals surface area contributed by atoms with Crippen LogP contribution in [-0.4, -0.2) is 28.7 Å². The topological polar surface area (TPSA) is 54.8 Å². The summed E-state index contributed by atoms with van der Waals surface area (Å²) < 4.78 is 5.27. The van der Waals surface area contributed by atoms with Gasteiger partial charge in [-0.3, -0.25) is 9.78 Å². The largest absolute Gasteiger partial charge is 0.497 e. The second-order valence-electron chi connectivity index (χ2n) is 5.40. The highest BCUT2D eigenvalue weighted by atomic mass is 35.5. The van der Waals surface area contributed by atoms with Crippen molar-refractivity contribution in [3.05, 3.63) is 57.3 Å². The lowest BCUT2D eigenvalue weighted by atomic mass is 9.96. The van der Waals surface area contributed by atoms with Gasteiger partial charge in [0.25, 0.3) is 0 Å². The second-order valence-corrected chi connectivity index (χ2v) is 6.22. The molecule has 2 heterocycles. The van der Waals surface area contributed by atoms with E-state index >= 15 is 0 Å². The van der Waals surface area contributed by atoms with Crippen LogP contribution in [0.25, 0.3) is 0 Å². The van der Waals surface area contributed by atoms with E-state index in [0.29, 0.717) is 23.0 Å². The maximum absolute atomic E-state index is 11.8. The van der Waals surface area contributed by atoms with Crippen LogP contribution in [0.1, 0.15) is 23.6 Å². The van der Waals surface area contributed by atoms with Crippen molar-refractivity contribution in [1.82, 2.24) is 9.99 Å². The van der Waals surface area contributed by atoms with E-state index in [1.165, 1.54) is 11.9 Å². The van der Waals surface area contributed by atoms with E-state index in [1.807, 2.05) is 18.2 Å². The van der Waals surface area contributed by atoms with Crippen molar-refractivity contribution in [2.75, 3.05) is 7.11 Å². The highest BCUT2D eigenvalue weighted by molar-refractivity contribution is 6.36. The quantitative estimate of drug-likeness (QED) is 0.835. The third-order valence-corrected chi connectivity index (χ3v) is 4.50. The van der Waals surface area contributed by atoms with Crippen molar-refractivity contribution in [1.29, 1.82) is 0 Å². The zero-order valence-electron chi connectivity index (χ0n) is 13.2. The Bertz CT molecular complexity index is 816. The van der Waals surface area contributed by atoms with E-state index in [1.54, 1.807) is 19.5 Å². The maximum Gasteiger partial charge on any atom is 0.239 e. The molecule has 0 spiro atoms. The zero-order valence-corrected chi connectivity index (χ0v) is 14.7. The van der Waals surface area contributed by atoms with Crippen molar-refractivity contribution >= 4 is 34.8 Å². The Kier molecular flexibility index (Phi) is 4.73. The van der Waals surface area contributed by atoms with E-state index in [4.69, 9.17) is 27.9 Å². The van der Waals surface area contributed by atoms with Crippen molar-refractivity contribution in [3.63, 3.8) is 0 Å². The fourth-order valence-electron chi connectivity index (χ4n) is 2.59. The minimum atomic E-state index is -0.132. The van der Waals surface area contributed by atoms with Gasteiger partial charge in [0.1, 0.15) is 5.75 Å². The summed E-state index contributed by atoms with van der Waals surface area (Å²) in [5.41, 5.74) is 3.39. The van der Waals surface area contributed by atoms with E-state index in [0.717, 1.165) is 28.2 Å². The number of amides is 1. The molecular formula is C17H15Cl2N3O2. The Hall–Kier alpha value is -2.11. The Morgan fingerprint density at radius 3 is 2.62 bits per heavy atom. The number of fused-ring (bicyclic) bond motifs is 1. The molecule has 2 aromatic rings. The number of nitrogens with zero attached hydrogens (tertiary/aromatic N) is 3. The molecule has 5 nitrogen and oxygen atoms in total. The van der Waals surface area contributed by atoms with Crippen molar-refractivity contribution in [3.8, 4) is 5.75 Å². The fourth-order valence-corrected chi connectivity index (χ4v) is 3.09. The lowest BCUT2D eigenvalue weighted by molar-refractivity contribution is -0.129. The molecule has 0 aliphatic carbocycles. The molecule has 1 amide bonds. The third kappa shape index (κ3) is 3.23. The van der Waals surface area contributed by atoms with Crippen LogP contribution in [0.15, 0.2) is 35.7 Å². The molecule has 0 saturated heterocycles. The van der Waals surface area contributed by atoms with Gasteiger partial charge in [-0.05, 0) is 29.3 Å². The molecule has 24 heavy (non-hydrogen) atoms. The molecule has 0 radical (unpaired) electrons. The Labute approximate surface area is 149 Å². The number of methoxy groups -OCH3 is 1. The molecular weight excluding hydrogens is 349 g/mol. The number of hydrogen-bond donors (Lipinski definition) is 0. The first kappa shape index (κ1) is 16.7.